The van der Waals surface area contributed by atoms with Gasteiger partial charge in [-0.25, -0.2) is 4.39 Å². The van der Waals surface area contributed by atoms with Crippen molar-refractivity contribution in [3.05, 3.63) is 29.6 Å². The molecule has 2 fully saturated rings. The predicted molar refractivity (Wildman–Crippen MR) is 113 cm³/mol. The van der Waals surface area contributed by atoms with Crippen molar-refractivity contribution in [1.29, 1.82) is 0 Å². The van der Waals surface area contributed by atoms with E-state index in [2.05, 4.69) is 34.3 Å². The second-order valence-electron chi connectivity index (χ2n) is 7.14. The summed E-state index contributed by atoms with van der Waals surface area (Å²) in [7, 11) is 0. The Morgan fingerprint density at radius 1 is 1.26 bits per heavy atom. The fraction of sp³-hybridized carbons (Fsp3) is 0.632. The second kappa shape index (κ2) is 11.1. The molecule has 1 aromatic rings. The average molecular weight is 421 g/mol. The fourth-order valence-electron chi connectivity index (χ4n) is 3.69. The molecule has 2 unspecified atom stereocenters. The van der Waals surface area contributed by atoms with E-state index in [9.17, 15) is 9.18 Å². The van der Waals surface area contributed by atoms with Crippen molar-refractivity contribution in [2.45, 2.75) is 26.3 Å². The summed E-state index contributed by atoms with van der Waals surface area (Å²) >= 11 is 0. The van der Waals surface area contributed by atoms with Gasteiger partial charge < -0.3 is 20.4 Å². The van der Waals surface area contributed by atoms with Crippen LogP contribution < -0.4 is 15.5 Å². The van der Waals surface area contributed by atoms with Crippen LogP contribution in [0.5, 0.6) is 0 Å². The zero-order valence-electron chi connectivity index (χ0n) is 16.0. The van der Waals surface area contributed by atoms with Crippen molar-refractivity contribution in [2.75, 3.05) is 50.7 Å². The second-order valence-corrected chi connectivity index (χ2v) is 7.14. The molecule has 1 amide bonds. The van der Waals surface area contributed by atoms with Crippen LogP contribution in [0.25, 0.3) is 0 Å². The molecule has 2 N–H and O–H groups in total. The van der Waals surface area contributed by atoms with Gasteiger partial charge in [0.25, 0.3) is 5.91 Å². The zero-order chi connectivity index (χ0) is 17.8. The molecule has 1 aromatic carbocycles. The third-order valence-corrected chi connectivity index (χ3v) is 5.47. The topological polar surface area (TPSA) is 47.6 Å². The Bertz CT molecular complexity index is 611. The molecule has 0 spiro atoms. The minimum absolute atomic E-state index is 0. The lowest BCUT2D eigenvalue weighted by atomic mass is 9.95. The van der Waals surface area contributed by atoms with E-state index in [1.165, 1.54) is 6.07 Å². The third kappa shape index (κ3) is 5.95. The van der Waals surface area contributed by atoms with Crippen LogP contribution in [0.4, 0.5) is 10.1 Å². The highest BCUT2D eigenvalue weighted by Gasteiger charge is 2.24. The number of carbonyl (C=O) groups excluding carboxylic acids is 1. The van der Waals surface area contributed by atoms with Gasteiger partial charge in [-0.05, 0) is 50.2 Å². The van der Waals surface area contributed by atoms with Crippen LogP contribution in [-0.4, -0.2) is 62.7 Å². The van der Waals surface area contributed by atoms with Gasteiger partial charge in [-0.1, -0.05) is 13.8 Å². The number of rotatable bonds is 4. The highest BCUT2D eigenvalue weighted by Crippen LogP contribution is 2.22. The smallest absolute Gasteiger partial charge is 0.251 e. The molecule has 2 heterocycles. The van der Waals surface area contributed by atoms with E-state index in [1.54, 1.807) is 12.1 Å². The van der Waals surface area contributed by atoms with Crippen molar-refractivity contribution >= 4 is 36.4 Å². The van der Waals surface area contributed by atoms with Gasteiger partial charge in [0.2, 0.25) is 0 Å². The lowest BCUT2D eigenvalue weighted by Crippen LogP contribution is -2.48. The van der Waals surface area contributed by atoms with Gasteiger partial charge in [0.1, 0.15) is 5.82 Å². The van der Waals surface area contributed by atoms with Crippen molar-refractivity contribution < 1.29 is 9.18 Å². The van der Waals surface area contributed by atoms with Gasteiger partial charge in [-0.3, -0.25) is 4.79 Å². The van der Waals surface area contributed by atoms with E-state index in [1.807, 2.05) is 0 Å². The lowest BCUT2D eigenvalue weighted by Gasteiger charge is -2.35. The molecule has 0 bridgehead atoms. The summed E-state index contributed by atoms with van der Waals surface area (Å²) in [5.74, 6) is -0.104. The van der Waals surface area contributed by atoms with E-state index in [4.69, 9.17) is 0 Å². The normalized spacial score (nSPS) is 23.1. The summed E-state index contributed by atoms with van der Waals surface area (Å²) in [6, 6.07) is 5.02. The van der Waals surface area contributed by atoms with Gasteiger partial charge in [-0.15, -0.1) is 24.8 Å². The van der Waals surface area contributed by atoms with Crippen LogP contribution in [0.15, 0.2) is 18.2 Å². The number of nitrogens with zero attached hydrogens (tertiary/aromatic N) is 2. The molecule has 8 heteroatoms. The van der Waals surface area contributed by atoms with Crippen molar-refractivity contribution in [3.63, 3.8) is 0 Å². The summed E-state index contributed by atoms with van der Waals surface area (Å²) in [6.45, 7) is 10.7. The Labute approximate surface area is 173 Å². The standard InChI is InChI=1S/C19H29FN4O.2ClH/c1-3-23-8-10-24(11-9-23)18-5-4-15(12-16(18)20)19(25)22-17-6-7-21-13-14(17)2;;/h4-5,12,14,17,21H,3,6-11,13H2,1-2H3,(H,22,25);2*1H. The molecule has 2 aliphatic heterocycles. The Morgan fingerprint density at radius 2 is 1.96 bits per heavy atom. The predicted octanol–water partition coefficient (Wildman–Crippen LogP) is 2.54. The van der Waals surface area contributed by atoms with Crippen molar-refractivity contribution in [3.8, 4) is 0 Å². The molecule has 5 nitrogen and oxygen atoms in total. The van der Waals surface area contributed by atoms with Gasteiger partial charge in [-0.2, -0.15) is 0 Å². The number of likely N-dealkylation sites (N-methyl/N-ethyl adjacent to an activating group) is 1. The Morgan fingerprint density at radius 3 is 2.56 bits per heavy atom. The van der Waals surface area contributed by atoms with E-state index < -0.39 is 0 Å². The average Bonchev–Trinajstić information content (AvgIpc) is 2.63. The van der Waals surface area contributed by atoms with Crippen LogP contribution in [0.3, 0.4) is 0 Å². The van der Waals surface area contributed by atoms with E-state index in [0.717, 1.165) is 52.2 Å². The quantitative estimate of drug-likeness (QED) is 0.785. The maximum absolute atomic E-state index is 14.6. The number of hydrogen-bond acceptors (Lipinski definition) is 4. The number of halogens is 3. The van der Waals surface area contributed by atoms with Crippen molar-refractivity contribution in [1.82, 2.24) is 15.5 Å². The summed E-state index contributed by atoms with van der Waals surface area (Å²) in [5.41, 5.74) is 1.00. The van der Waals surface area contributed by atoms with Crippen molar-refractivity contribution in [2.24, 2.45) is 5.92 Å². The number of piperazine rings is 1. The number of nitrogens with one attached hydrogen (secondary N) is 2. The lowest BCUT2D eigenvalue weighted by molar-refractivity contribution is 0.0914. The van der Waals surface area contributed by atoms with Gasteiger partial charge in [0, 0.05) is 37.8 Å². The largest absolute Gasteiger partial charge is 0.367 e. The summed E-state index contributed by atoms with van der Waals surface area (Å²) in [4.78, 5) is 16.9. The highest BCUT2D eigenvalue weighted by molar-refractivity contribution is 5.94. The first kappa shape index (κ1) is 24.0. The van der Waals surface area contributed by atoms with Crippen LogP contribution in [0.2, 0.25) is 0 Å². The van der Waals surface area contributed by atoms with E-state index in [-0.39, 0.29) is 42.6 Å². The number of benzene rings is 1. The third-order valence-electron chi connectivity index (χ3n) is 5.47. The monoisotopic (exact) mass is 420 g/mol. The van der Waals surface area contributed by atoms with Crippen LogP contribution in [0.1, 0.15) is 30.6 Å². The molecule has 27 heavy (non-hydrogen) atoms. The van der Waals surface area contributed by atoms with Gasteiger partial charge >= 0.3 is 0 Å². The first-order valence-electron chi connectivity index (χ1n) is 9.37. The molecule has 0 aromatic heterocycles. The molecule has 2 saturated heterocycles. The van der Waals surface area contributed by atoms with Crippen LogP contribution in [0, 0.1) is 11.7 Å². The Kier molecular flexibility index (Phi) is 9.81. The fourth-order valence-corrected chi connectivity index (χ4v) is 3.69. The van der Waals surface area contributed by atoms with Crippen LogP contribution >= 0.6 is 24.8 Å². The zero-order valence-corrected chi connectivity index (χ0v) is 17.7. The highest BCUT2D eigenvalue weighted by atomic mass is 35.5. The minimum atomic E-state index is -0.309. The molecule has 3 rings (SSSR count). The summed E-state index contributed by atoms with van der Waals surface area (Å²) in [5, 5.41) is 6.38. The van der Waals surface area contributed by atoms with Gasteiger partial charge in [0.15, 0.2) is 0 Å². The molecule has 0 aliphatic carbocycles. The minimum Gasteiger partial charge on any atom is -0.367 e. The molecule has 0 saturated carbocycles. The number of carbonyl (C=O) groups is 1. The number of anilines is 1. The van der Waals surface area contributed by atoms with Gasteiger partial charge in [0.05, 0.1) is 5.69 Å². The Balaban J connectivity index is 0.00000182. The van der Waals surface area contributed by atoms with Crippen LogP contribution in [-0.2, 0) is 0 Å². The Hall–Kier alpha value is -1.08. The number of amides is 1. The maximum Gasteiger partial charge on any atom is 0.251 e. The number of hydrogen-bond donors (Lipinski definition) is 2. The molecular weight excluding hydrogens is 390 g/mol. The van der Waals surface area contributed by atoms with E-state index >= 15 is 0 Å². The SMILES string of the molecule is CCN1CCN(c2ccc(C(=O)NC3CCNCC3C)cc2F)CC1.Cl.Cl. The number of piperidine rings is 1. The molecule has 154 valence electrons. The molecule has 2 atom stereocenters. The molecular formula is C19H31Cl2FN4O. The van der Waals surface area contributed by atoms with E-state index in [0.29, 0.717) is 17.2 Å². The first-order valence-corrected chi connectivity index (χ1v) is 9.37. The summed E-state index contributed by atoms with van der Waals surface area (Å²) in [6.07, 6.45) is 0.912. The first-order chi connectivity index (χ1) is 12.1. The molecule has 2 aliphatic rings. The maximum atomic E-state index is 14.6. The summed E-state index contributed by atoms with van der Waals surface area (Å²) < 4.78 is 14.6. The molecule has 0 radical (unpaired) electrons.